The van der Waals surface area contributed by atoms with Gasteiger partial charge in [0.05, 0.1) is 0 Å². The third kappa shape index (κ3) is 5.70. The highest BCUT2D eigenvalue weighted by Gasteiger charge is 2.20. The Hall–Kier alpha value is -1.02. The summed E-state index contributed by atoms with van der Waals surface area (Å²) in [5.41, 5.74) is 7.64. The molecule has 2 unspecified atom stereocenters. The average Bonchev–Trinajstić information content (AvgIpc) is 2.48. The molecule has 1 aliphatic carbocycles. The summed E-state index contributed by atoms with van der Waals surface area (Å²) >= 11 is 0. The topological polar surface area (TPSA) is 35.2 Å². The molecule has 2 nitrogen and oxygen atoms in total. The van der Waals surface area contributed by atoms with Gasteiger partial charge in [-0.1, -0.05) is 63.1 Å². The molecular formula is C19H31NO. The summed E-state index contributed by atoms with van der Waals surface area (Å²) in [6, 6.07) is 8.45. The number of hydrogen-bond donors (Lipinski definition) is 1. The molecule has 0 aliphatic heterocycles. The average molecular weight is 289 g/mol. The minimum absolute atomic E-state index is 0.170. The summed E-state index contributed by atoms with van der Waals surface area (Å²) in [5.74, 6) is 1.00. The molecule has 1 aliphatic rings. The second kappa shape index (κ2) is 9.09. The van der Waals surface area contributed by atoms with Crippen molar-refractivity contribution < 1.29 is 4.74 Å². The summed E-state index contributed by atoms with van der Waals surface area (Å²) < 4.78 is 6.28. The van der Waals surface area contributed by atoms with Crippen LogP contribution in [0.15, 0.2) is 24.3 Å². The molecule has 0 bridgehead atoms. The highest BCUT2D eigenvalue weighted by molar-refractivity contribution is 5.32. The number of para-hydroxylation sites is 1. The number of nitrogens with two attached hydrogens (primary N) is 1. The second-order valence-corrected chi connectivity index (χ2v) is 6.49. The third-order valence-electron chi connectivity index (χ3n) is 4.63. The second-order valence-electron chi connectivity index (χ2n) is 6.49. The zero-order chi connectivity index (χ0) is 14.9. The summed E-state index contributed by atoms with van der Waals surface area (Å²) in [6.45, 7) is 2.11. The molecule has 118 valence electrons. The predicted molar refractivity (Wildman–Crippen MR) is 89.7 cm³/mol. The van der Waals surface area contributed by atoms with Gasteiger partial charge >= 0.3 is 0 Å². The maximum Gasteiger partial charge on any atom is 0.122 e. The van der Waals surface area contributed by atoms with Gasteiger partial charge in [0.15, 0.2) is 0 Å². The largest absolute Gasteiger partial charge is 0.489 e. The molecule has 1 fully saturated rings. The normalized spacial score (nSPS) is 25.6. The summed E-state index contributed by atoms with van der Waals surface area (Å²) in [5, 5.41) is 0. The van der Waals surface area contributed by atoms with Crippen molar-refractivity contribution in [1.29, 1.82) is 0 Å². The Kier molecular flexibility index (Phi) is 7.08. The van der Waals surface area contributed by atoms with Crippen LogP contribution in [0.25, 0.3) is 0 Å². The molecule has 0 heterocycles. The van der Waals surface area contributed by atoms with Crippen LogP contribution in [0.4, 0.5) is 0 Å². The molecule has 1 aromatic carbocycles. The first kappa shape index (κ1) is 16.4. The minimum atomic E-state index is 0.170. The van der Waals surface area contributed by atoms with E-state index in [0.717, 1.165) is 18.6 Å². The van der Waals surface area contributed by atoms with Crippen molar-refractivity contribution in [3.8, 4) is 5.75 Å². The molecular weight excluding hydrogens is 258 g/mol. The molecule has 1 aromatic rings. The maximum absolute atomic E-state index is 6.43. The molecule has 0 amide bonds. The van der Waals surface area contributed by atoms with E-state index in [1.54, 1.807) is 0 Å². The van der Waals surface area contributed by atoms with E-state index in [4.69, 9.17) is 10.5 Å². The van der Waals surface area contributed by atoms with Crippen LogP contribution in [0.5, 0.6) is 5.75 Å². The van der Waals surface area contributed by atoms with Crippen molar-refractivity contribution in [2.75, 3.05) is 0 Å². The van der Waals surface area contributed by atoms with Gasteiger partial charge in [0, 0.05) is 6.04 Å². The molecule has 2 rings (SSSR count). The Morgan fingerprint density at radius 1 is 0.857 bits per heavy atom. The molecule has 0 spiro atoms. The number of benzene rings is 1. The van der Waals surface area contributed by atoms with Crippen molar-refractivity contribution in [2.45, 2.75) is 83.3 Å². The van der Waals surface area contributed by atoms with Crippen molar-refractivity contribution in [3.63, 3.8) is 0 Å². The lowest BCUT2D eigenvalue weighted by Crippen LogP contribution is -2.39. The van der Waals surface area contributed by atoms with Gasteiger partial charge in [0.1, 0.15) is 11.9 Å². The highest BCUT2D eigenvalue weighted by Crippen LogP contribution is 2.23. The van der Waals surface area contributed by atoms with E-state index in [0.29, 0.717) is 0 Å². The molecule has 2 atom stereocenters. The van der Waals surface area contributed by atoms with Gasteiger partial charge in [0.25, 0.3) is 0 Å². The van der Waals surface area contributed by atoms with Gasteiger partial charge in [-0.3, -0.25) is 0 Å². The Labute approximate surface area is 130 Å². The van der Waals surface area contributed by atoms with Crippen LogP contribution in [-0.2, 0) is 0 Å². The van der Waals surface area contributed by atoms with E-state index in [-0.39, 0.29) is 12.1 Å². The zero-order valence-electron chi connectivity index (χ0n) is 13.5. The smallest absolute Gasteiger partial charge is 0.122 e. The Morgan fingerprint density at radius 3 is 2.10 bits per heavy atom. The molecule has 2 heteroatoms. The molecule has 2 N–H and O–H groups in total. The first-order valence-electron chi connectivity index (χ1n) is 8.75. The van der Waals surface area contributed by atoms with Gasteiger partial charge in [-0.25, -0.2) is 0 Å². The number of ether oxygens (including phenoxy) is 1. The number of hydrogen-bond acceptors (Lipinski definition) is 2. The van der Waals surface area contributed by atoms with Gasteiger partial charge in [0.2, 0.25) is 0 Å². The zero-order valence-corrected chi connectivity index (χ0v) is 13.5. The lowest BCUT2D eigenvalue weighted by atomic mass is 9.96. The van der Waals surface area contributed by atoms with Crippen molar-refractivity contribution >= 4 is 0 Å². The van der Waals surface area contributed by atoms with E-state index >= 15 is 0 Å². The highest BCUT2D eigenvalue weighted by atomic mass is 16.5. The van der Waals surface area contributed by atoms with Crippen LogP contribution < -0.4 is 10.5 Å². The molecule has 0 saturated heterocycles. The lowest BCUT2D eigenvalue weighted by molar-refractivity contribution is 0.149. The summed E-state index contributed by atoms with van der Waals surface area (Å²) in [6.07, 6.45) is 13.0. The van der Waals surface area contributed by atoms with Crippen molar-refractivity contribution in [3.05, 3.63) is 29.8 Å². The lowest BCUT2D eigenvalue weighted by Gasteiger charge is -2.26. The Morgan fingerprint density at radius 2 is 1.43 bits per heavy atom. The molecule has 0 aromatic heterocycles. The first-order chi connectivity index (χ1) is 10.3. The summed E-state index contributed by atoms with van der Waals surface area (Å²) in [4.78, 5) is 0. The SMILES string of the molecule is Cc1ccccc1OC1CCCCCCCCCCC1N. The van der Waals surface area contributed by atoms with E-state index in [1.807, 2.05) is 6.07 Å². The van der Waals surface area contributed by atoms with E-state index in [9.17, 15) is 0 Å². The fourth-order valence-electron chi connectivity index (χ4n) is 3.18. The Balaban J connectivity index is 1.96. The monoisotopic (exact) mass is 289 g/mol. The molecule has 1 saturated carbocycles. The predicted octanol–water partition coefficient (Wildman–Crippen LogP) is 4.98. The first-order valence-corrected chi connectivity index (χ1v) is 8.75. The fourth-order valence-corrected chi connectivity index (χ4v) is 3.18. The summed E-state index contributed by atoms with van der Waals surface area (Å²) in [7, 11) is 0. The van der Waals surface area contributed by atoms with E-state index in [2.05, 4.69) is 25.1 Å². The van der Waals surface area contributed by atoms with Gasteiger partial charge in [-0.15, -0.1) is 0 Å². The van der Waals surface area contributed by atoms with E-state index in [1.165, 1.54) is 56.9 Å². The van der Waals surface area contributed by atoms with Crippen molar-refractivity contribution in [2.24, 2.45) is 5.73 Å². The van der Waals surface area contributed by atoms with E-state index < -0.39 is 0 Å². The number of rotatable bonds is 2. The fraction of sp³-hybridized carbons (Fsp3) is 0.684. The Bertz CT molecular complexity index is 404. The van der Waals surface area contributed by atoms with Crippen LogP contribution in [0.3, 0.4) is 0 Å². The quantitative estimate of drug-likeness (QED) is 0.833. The third-order valence-corrected chi connectivity index (χ3v) is 4.63. The van der Waals surface area contributed by atoms with Crippen LogP contribution in [0.1, 0.15) is 69.8 Å². The van der Waals surface area contributed by atoms with Crippen LogP contribution in [0.2, 0.25) is 0 Å². The minimum Gasteiger partial charge on any atom is -0.489 e. The maximum atomic E-state index is 6.43. The number of aryl methyl sites for hydroxylation is 1. The standard InChI is InChI=1S/C19H31NO/c1-16-12-10-11-14-18(16)21-19-15-9-7-5-3-2-4-6-8-13-17(19)20/h10-12,14,17,19H,2-9,13,15,20H2,1H3. The van der Waals surface area contributed by atoms with Crippen LogP contribution in [-0.4, -0.2) is 12.1 Å². The van der Waals surface area contributed by atoms with Gasteiger partial charge in [-0.2, -0.15) is 0 Å². The van der Waals surface area contributed by atoms with Crippen LogP contribution >= 0.6 is 0 Å². The van der Waals surface area contributed by atoms with Crippen molar-refractivity contribution in [1.82, 2.24) is 0 Å². The molecule has 0 radical (unpaired) electrons. The molecule has 21 heavy (non-hydrogen) atoms. The van der Waals surface area contributed by atoms with Gasteiger partial charge < -0.3 is 10.5 Å². The van der Waals surface area contributed by atoms with Gasteiger partial charge in [-0.05, 0) is 37.8 Å². The van der Waals surface area contributed by atoms with Crippen LogP contribution in [0, 0.1) is 6.92 Å².